The third-order valence-corrected chi connectivity index (χ3v) is 4.24. The Hall–Kier alpha value is -0.0400. The summed E-state index contributed by atoms with van der Waals surface area (Å²) >= 11 is 3.60. The van der Waals surface area contributed by atoms with E-state index in [4.69, 9.17) is 0 Å². The second-order valence-electron chi connectivity index (χ2n) is 4.75. The van der Waals surface area contributed by atoms with Gasteiger partial charge in [0.1, 0.15) is 0 Å². The van der Waals surface area contributed by atoms with Crippen molar-refractivity contribution in [3.05, 3.63) is 22.7 Å². The molecule has 0 bridgehead atoms. The Kier molecular flexibility index (Phi) is 3.48. The van der Waals surface area contributed by atoms with Crippen molar-refractivity contribution in [3.8, 4) is 0 Å². The van der Waals surface area contributed by atoms with Gasteiger partial charge in [-0.15, -0.1) is 0 Å². The smallest absolute Gasteiger partial charge is 0.0135 e. The summed E-state index contributed by atoms with van der Waals surface area (Å²) < 4.78 is 1.28. The second-order valence-corrected chi connectivity index (χ2v) is 5.66. The maximum absolute atomic E-state index is 3.60. The van der Waals surface area contributed by atoms with Gasteiger partial charge in [-0.05, 0) is 30.6 Å². The van der Waals surface area contributed by atoms with E-state index in [0.29, 0.717) is 0 Å². The molecule has 0 spiro atoms. The summed E-state index contributed by atoms with van der Waals surface area (Å²) in [6.45, 7) is 2.35. The minimum absolute atomic E-state index is 0.736. The van der Waals surface area contributed by atoms with Gasteiger partial charge in [0, 0.05) is 4.48 Å². The summed E-state index contributed by atoms with van der Waals surface area (Å²) in [5.74, 6) is 2.46. The predicted octanol–water partition coefficient (Wildman–Crippen LogP) is 4.67. The van der Waals surface area contributed by atoms with E-state index in [1.807, 2.05) is 0 Å². The highest BCUT2D eigenvalue weighted by Crippen LogP contribution is 2.38. The summed E-state index contributed by atoms with van der Waals surface area (Å²) in [5.41, 5.74) is 0. The summed E-state index contributed by atoms with van der Waals surface area (Å²) in [7, 11) is 0. The largest absolute Gasteiger partial charge is 0.0800 e. The molecule has 0 nitrogen and oxygen atoms in total. The Morgan fingerprint density at radius 1 is 1.21 bits per heavy atom. The Morgan fingerprint density at radius 2 is 1.93 bits per heavy atom. The van der Waals surface area contributed by atoms with Crippen molar-refractivity contribution in [1.82, 2.24) is 0 Å². The summed E-state index contributed by atoms with van der Waals surface area (Å²) in [6, 6.07) is 0. The van der Waals surface area contributed by atoms with Crippen molar-refractivity contribution >= 4 is 15.9 Å². The molecule has 14 heavy (non-hydrogen) atoms. The zero-order valence-corrected chi connectivity index (χ0v) is 10.5. The first-order chi connectivity index (χ1) is 6.77. The Balaban J connectivity index is 2.04. The van der Waals surface area contributed by atoms with E-state index in [2.05, 4.69) is 41.1 Å². The highest BCUT2D eigenvalue weighted by atomic mass is 79.9. The van der Waals surface area contributed by atoms with E-state index in [0.717, 1.165) is 17.8 Å². The van der Waals surface area contributed by atoms with Crippen LogP contribution in [0.2, 0.25) is 0 Å². The average molecular weight is 255 g/mol. The molecule has 2 unspecified atom stereocenters. The fourth-order valence-corrected chi connectivity index (χ4v) is 3.31. The molecular weight excluding hydrogens is 236 g/mol. The quantitative estimate of drug-likeness (QED) is 0.638. The number of hydrogen-bond acceptors (Lipinski definition) is 0. The van der Waals surface area contributed by atoms with Crippen LogP contribution in [-0.2, 0) is 0 Å². The van der Waals surface area contributed by atoms with Crippen LogP contribution in [0, 0.1) is 17.8 Å². The zero-order valence-electron chi connectivity index (χ0n) is 8.88. The average Bonchev–Trinajstić information content (AvgIpc) is 2.23. The van der Waals surface area contributed by atoms with Gasteiger partial charge in [-0.3, -0.25) is 0 Å². The lowest BCUT2D eigenvalue weighted by molar-refractivity contribution is 0.250. The van der Waals surface area contributed by atoms with Crippen molar-refractivity contribution in [1.29, 1.82) is 0 Å². The maximum atomic E-state index is 3.60. The van der Waals surface area contributed by atoms with Crippen LogP contribution in [0.5, 0.6) is 0 Å². The van der Waals surface area contributed by atoms with Crippen LogP contribution < -0.4 is 0 Å². The normalized spacial score (nSPS) is 34.3. The lowest BCUT2D eigenvalue weighted by Crippen LogP contribution is -2.22. The van der Waals surface area contributed by atoms with Gasteiger partial charge >= 0.3 is 0 Å². The molecule has 2 atom stereocenters. The lowest BCUT2D eigenvalue weighted by atomic mass is 9.73. The molecule has 0 saturated heterocycles. The molecule has 0 aromatic rings. The maximum Gasteiger partial charge on any atom is 0.0135 e. The molecule has 2 rings (SSSR count). The molecule has 1 saturated carbocycles. The molecule has 78 valence electrons. The van der Waals surface area contributed by atoms with Crippen LogP contribution in [0.1, 0.15) is 39.0 Å². The van der Waals surface area contributed by atoms with Crippen molar-refractivity contribution < 1.29 is 0 Å². The molecular formula is C13H19Br. The summed E-state index contributed by atoms with van der Waals surface area (Å²) in [4.78, 5) is 0. The molecule has 0 heterocycles. The molecule has 0 aromatic heterocycles. The van der Waals surface area contributed by atoms with Gasteiger partial charge in [0.15, 0.2) is 0 Å². The number of rotatable bonds is 1. The Morgan fingerprint density at radius 3 is 2.64 bits per heavy atom. The van der Waals surface area contributed by atoms with Crippen molar-refractivity contribution in [2.24, 2.45) is 17.8 Å². The van der Waals surface area contributed by atoms with Gasteiger partial charge in [-0.1, -0.05) is 60.3 Å². The molecule has 0 radical (unpaired) electrons. The first kappa shape index (κ1) is 10.5. The van der Waals surface area contributed by atoms with Crippen molar-refractivity contribution in [2.75, 3.05) is 0 Å². The van der Waals surface area contributed by atoms with E-state index in [1.165, 1.54) is 36.6 Å². The highest BCUT2D eigenvalue weighted by molar-refractivity contribution is 9.11. The number of hydrogen-bond donors (Lipinski definition) is 0. The van der Waals surface area contributed by atoms with Gasteiger partial charge in [0.2, 0.25) is 0 Å². The predicted molar refractivity (Wildman–Crippen MR) is 65.4 cm³/mol. The van der Waals surface area contributed by atoms with Crippen LogP contribution in [0.25, 0.3) is 0 Å². The first-order valence-electron chi connectivity index (χ1n) is 5.83. The zero-order chi connectivity index (χ0) is 9.97. The highest BCUT2D eigenvalue weighted by Gasteiger charge is 2.26. The molecule has 2 aliphatic carbocycles. The molecule has 0 amide bonds. The Bertz CT molecular complexity index is 246. The van der Waals surface area contributed by atoms with Gasteiger partial charge < -0.3 is 0 Å². The fourth-order valence-electron chi connectivity index (χ4n) is 2.85. The van der Waals surface area contributed by atoms with Crippen LogP contribution in [0.4, 0.5) is 0 Å². The van der Waals surface area contributed by atoms with Gasteiger partial charge in [-0.25, -0.2) is 0 Å². The molecule has 1 heteroatoms. The minimum Gasteiger partial charge on any atom is -0.0800 e. The van der Waals surface area contributed by atoms with E-state index in [1.54, 1.807) is 0 Å². The number of allylic oxidation sites excluding steroid dienone is 4. The summed E-state index contributed by atoms with van der Waals surface area (Å²) in [5, 5.41) is 0. The van der Waals surface area contributed by atoms with E-state index >= 15 is 0 Å². The van der Waals surface area contributed by atoms with Crippen molar-refractivity contribution in [2.45, 2.75) is 39.0 Å². The van der Waals surface area contributed by atoms with Crippen LogP contribution in [-0.4, -0.2) is 0 Å². The third kappa shape index (κ3) is 2.31. The van der Waals surface area contributed by atoms with Gasteiger partial charge in [0.05, 0.1) is 0 Å². The SMILES string of the molecule is CC1C=CC(Br)=CC1C1CCCCC1. The second kappa shape index (κ2) is 4.65. The van der Waals surface area contributed by atoms with E-state index in [-0.39, 0.29) is 0 Å². The molecule has 0 N–H and O–H groups in total. The molecule has 2 aliphatic rings. The third-order valence-electron chi connectivity index (χ3n) is 3.71. The fraction of sp³-hybridized carbons (Fsp3) is 0.692. The van der Waals surface area contributed by atoms with Crippen LogP contribution in [0.3, 0.4) is 0 Å². The lowest BCUT2D eigenvalue weighted by Gasteiger charge is -2.33. The number of halogens is 1. The van der Waals surface area contributed by atoms with Crippen LogP contribution in [0.15, 0.2) is 22.7 Å². The molecule has 1 fully saturated rings. The minimum atomic E-state index is 0.736. The first-order valence-corrected chi connectivity index (χ1v) is 6.62. The van der Waals surface area contributed by atoms with Crippen molar-refractivity contribution in [3.63, 3.8) is 0 Å². The monoisotopic (exact) mass is 254 g/mol. The van der Waals surface area contributed by atoms with E-state index < -0.39 is 0 Å². The van der Waals surface area contributed by atoms with Gasteiger partial charge in [-0.2, -0.15) is 0 Å². The molecule has 0 aliphatic heterocycles. The molecule has 0 aromatic carbocycles. The Labute approximate surface area is 95.6 Å². The van der Waals surface area contributed by atoms with Crippen LogP contribution >= 0.6 is 15.9 Å². The van der Waals surface area contributed by atoms with E-state index in [9.17, 15) is 0 Å². The summed E-state index contributed by atoms with van der Waals surface area (Å²) in [6.07, 6.45) is 14.2. The topological polar surface area (TPSA) is 0 Å². The van der Waals surface area contributed by atoms with Gasteiger partial charge in [0.25, 0.3) is 0 Å². The standard InChI is InChI=1S/C13H19Br/c1-10-7-8-12(14)9-13(10)11-5-3-2-4-6-11/h7-11,13H,2-6H2,1H3.